The second-order valence-corrected chi connectivity index (χ2v) is 13.0. The summed E-state index contributed by atoms with van der Waals surface area (Å²) in [7, 11) is 1.08. The Kier molecular flexibility index (Phi) is 12.5. The van der Waals surface area contributed by atoms with Crippen molar-refractivity contribution in [3.63, 3.8) is 0 Å². The Labute approximate surface area is 332 Å². The molecule has 2 aromatic heterocycles. The van der Waals surface area contributed by atoms with E-state index in [1.165, 1.54) is 42.6 Å². The standard InChI is InChI=1S/C38H33ClF3N9O7/c1-56-33(55)28(20-44-31(53)32(54)45-26-15-16-29(43-19-26)58-27-5-3-2-4-6-27)47-30(52)22-7-13-25(14-8-22)46-34-48-35(50-36(49-34)57-21-38(40,41)42)51-37(17-18-37)23-9-11-24(39)12-10-23/h2-16,19,28H,17-18,20-21H2,1H3,(H,44,53)(H,45,54)(H,47,52)(H2,46,48,49,50,51)/t28-/m0/s1. The van der Waals surface area contributed by atoms with Gasteiger partial charge in [0.15, 0.2) is 6.61 Å². The van der Waals surface area contributed by atoms with Crippen LogP contribution in [0.1, 0.15) is 28.8 Å². The lowest BCUT2D eigenvalue weighted by Crippen LogP contribution is -2.50. The van der Waals surface area contributed by atoms with Gasteiger partial charge < -0.3 is 40.8 Å². The number of alkyl halides is 3. The van der Waals surface area contributed by atoms with Crippen LogP contribution in [0, 0.1) is 0 Å². The van der Waals surface area contributed by atoms with E-state index in [1.54, 1.807) is 36.4 Å². The van der Waals surface area contributed by atoms with Gasteiger partial charge in [0.1, 0.15) is 11.8 Å². The van der Waals surface area contributed by atoms with Crippen LogP contribution in [0.4, 0.5) is 36.4 Å². The Morgan fingerprint density at radius 2 is 1.53 bits per heavy atom. The zero-order chi connectivity index (χ0) is 41.3. The van der Waals surface area contributed by atoms with Crippen LogP contribution in [-0.2, 0) is 24.7 Å². The van der Waals surface area contributed by atoms with Crippen molar-refractivity contribution in [2.75, 3.05) is 36.2 Å². The van der Waals surface area contributed by atoms with E-state index in [1.807, 2.05) is 18.2 Å². The third kappa shape index (κ3) is 11.3. The highest BCUT2D eigenvalue weighted by Gasteiger charge is 2.45. The first kappa shape index (κ1) is 40.6. The fraction of sp³-hybridized carbons (Fsp3) is 0.211. The third-order valence-corrected chi connectivity index (χ3v) is 8.56. The number of nitrogens with one attached hydrogen (secondary N) is 5. The van der Waals surface area contributed by atoms with E-state index < -0.39 is 60.6 Å². The highest BCUT2D eigenvalue weighted by molar-refractivity contribution is 6.39. The zero-order valence-corrected chi connectivity index (χ0v) is 31.1. The zero-order valence-electron chi connectivity index (χ0n) is 30.3. The summed E-state index contributed by atoms with van der Waals surface area (Å²) in [6, 6.07) is 22.6. The number of carbonyl (C=O) groups is 4. The van der Waals surface area contributed by atoms with Crippen LogP contribution in [-0.4, -0.2) is 76.1 Å². The van der Waals surface area contributed by atoms with Crippen LogP contribution in [0.15, 0.2) is 97.2 Å². The first-order valence-electron chi connectivity index (χ1n) is 17.3. The average Bonchev–Trinajstić information content (AvgIpc) is 3.99. The quantitative estimate of drug-likeness (QED) is 0.0652. The number of rotatable bonds is 15. The molecule has 1 aliphatic rings. The predicted octanol–water partition coefficient (Wildman–Crippen LogP) is 5.52. The van der Waals surface area contributed by atoms with Crippen molar-refractivity contribution in [1.82, 2.24) is 30.6 Å². The molecule has 0 aliphatic heterocycles. The average molecular weight is 820 g/mol. The molecule has 0 radical (unpaired) electrons. The van der Waals surface area contributed by atoms with Gasteiger partial charge in [0.05, 0.1) is 24.5 Å². The Morgan fingerprint density at radius 1 is 0.845 bits per heavy atom. The van der Waals surface area contributed by atoms with Crippen molar-refractivity contribution >= 4 is 58.6 Å². The van der Waals surface area contributed by atoms with E-state index in [2.05, 4.69) is 46.5 Å². The van der Waals surface area contributed by atoms with Gasteiger partial charge in [-0.1, -0.05) is 41.9 Å². The van der Waals surface area contributed by atoms with Crippen LogP contribution < -0.4 is 36.1 Å². The van der Waals surface area contributed by atoms with E-state index >= 15 is 0 Å². The highest BCUT2D eigenvalue weighted by atomic mass is 35.5. The van der Waals surface area contributed by atoms with Gasteiger partial charge in [-0.15, -0.1) is 0 Å². The lowest BCUT2D eigenvalue weighted by Gasteiger charge is -2.19. The number of carbonyl (C=O) groups excluding carboxylic acids is 4. The van der Waals surface area contributed by atoms with Gasteiger partial charge >= 0.3 is 30.0 Å². The van der Waals surface area contributed by atoms with Gasteiger partial charge in [-0.3, -0.25) is 14.4 Å². The molecule has 20 heteroatoms. The number of benzene rings is 3. The van der Waals surface area contributed by atoms with Crippen molar-refractivity contribution in [2.45, 2.75) is 30.6 Å². The Hall–Kier alpha value is -7.02. The second-order valence-electron chi connectivity index (χ2n) is 12.6. The van der Waals surface area contributed by atoms with Gasteiger partial charge in [-0.25, -0.2) is 9.78 Å². The molecule has 3 aromatic carbocycles. The van der Waals surface area contributed by atoms with Crippen LogP contribution in [0.25, 0.3) is 0 Å². The van der Waals surface area contributed by atoms with Crippen molar-refractivity contribution in [3.05, 3.63) is 113 Å². The molecule has 58 heavy (non-hydrogen) atoms. The normalized spacial score (nSPS) is 13.3. The number of hydrogen-bond acceptors (Lipinski definition) is 13. The lowest BCUT2D eigenvalue weighted by atomic mass is 10.1. The summed E-state index contributed by atoms with van der Waals surface area (Å²) in [5.74, 6) is -3.21. The van der Waals surface area contributed by atoms with Gasteiger partial charge in [0, 0.05) is 28.9 Å². The molecule has 6 rings (SSSR count). The number of ether oxygens (including phenoxy) is 3. The molecule has 2 heterocycles. The maximum Gasteiger partial charge on any atom is 0.422 e. The summed E-state index contributed by atoms with van der Waals surface area (Å²) in [5, 5.41) is 13.7. The Morgan fingerprint density at radius 3 is 2.17 bits per heavy atom. The fourth-order valence-corrected chi connectivity index (χ4v) is 5.40. The summed E-state index contributed by atoms with van der Waals surface area (Å²) in [6.45, 7) is -2.14. The highest BCUT2D eigenvalue weighted by Crippen LogP contribution is 2.48. The Bertz CT molecular complexity index is 2250. The molecule has 0 spiro atoms. The van der Waals surface area contributed by atoms with Crippen LogP contribution in [0.2, 0.25) is 5.02 Å². The molecule has 1 aliphatic carbocycles. The molecule has 0 unspecified atom stereocenters. The van der Waals surface area contributed by atoms with Crippen LogP contribution in [0.5, 0.6) is 17.6 Å². The number of para-hydroxylation sites is 1. The fourth-order valence-electron chi connectivity index (χ4n) is 5.27. The van der Waals surface area contributed by atoms with E-state index in [4.69, 9.17) is 25.8 Å². The number of amides is 3. The number of esters is 1. The maximum absolute atomic E-state index is 13.1. The number of nitrogens with zero attached hydrogens (tertiary/aromatic N) is 4. The molecule has 1 saturated carbocycles. The molecular formula is C38H33ClF3N9O7. The van der Waals surface area contributed by atoms with Crippen LogP contribution in [0.3, 0.4) is 0 Å². The first-order chi connectivity index (χ1) is 27.8. The maximum atomic E-state index is 13.1. The largest absolute Gasteiger partial charge is 0.467 e. The minimum absolute atomic E-state index is 0.0446. The SMILES string of the molecule is COC(=O)[C@H](CNC(=O)C(=O)Nc1ccc(Oc2ccccc2)nc1)NC(=O)c1ccc(Nc2nc(NC3(c4ccc(Cl)cc4)CC3)nc(OCC(F)(F)F)n2)cc1. The van der Waals surface area contributed by atoms with E-state index in [0.717, 1.165) is 12.7 Å². The molecule has 0 bridgehead atoms. The molecule has 300 valence electrons. The third-order valence-electron chi connectivity index (χ3n) is 8.30. The minimum Gasteiger partial charge on any atom is -0.467 e. The molecular weight excluding hydrogens is 787 g/mol. The van der Waals surface area contributed by atoms with Gasteiger partial charge in [0.25, 0.3) is 5.91 Å². The van der Waals surface area contributed by atoms with Crippen LogP contribution >= 0.6 is 11.6 Å². The summed E-state index contributed by atoms with van der Waals surface area (Å²) in [5.41, 5.74) is 0.902. The minimum atomic E-state index is -4.65. The summed E-state index contributed by atoms with van der Waals surface area (Å²) >= 11 is 6.03. The number of aromatic nitrogens is 4. The molecule has 5 aromatic rings. The summed E-state index contributed by atoms with van der Waals surface area (Å²) in [6.07, 6.45) is -1.96. The smallest absolute Gasteiger partial charge is 0.422 e. The molecule has 1 atom stereocenters. The van der Waals surface area contributed by atoms with E-state index in [-0.39, 0.29) is 29.0 Å². The predicted molar refractivity (Wildman–Crippen MR) is 203 cm³/mol. The van der Waals surface area contributed by atoms with Gasteiger partial charge in [-0.2, -0.15) is 28.1 Å². The Balaban J connectivity index is 1.05. The van der Waals surface area contributed by atoms with Crippen molar-refractivity contribution < 1.29 is 46.6 Å². The molecule has 16 nitrogen and oxygen atoms in total. The summed E-state index contributed by atoms with van der Waals surface area (Å²) < 4.78 is 54.1. The molecule has 5 N–H and O–H groups in total. The summed E-state index contributed by atoms with van der Waals surface area (Å²) in [4.78, 5) is 67.1. The van der Waals surface area contributed by atoms with Gasteiger partial charge in [0.2, 0.25) is 17.8 Å². The number of methoxy groups -OCH3 is 1. The molecule has 0 saturated heterocycles. The lowest BCUT2D eigenvalue weighted by molar-refractivity contribution is -0.154. The number of hydrogen-bond donors (Lipinski definition) is 5. The number of halogens is 4. The van der Waals surface area contributed by atoms with E-state index in [9.17, 15) is 32.3 Å². The first-order valence-corrected chi connectivity index (χ1v) is 17.7. The van der Waals surface area contributed by atoms with Gasteiger partial charge in [-0.05, 0) is 73.0 Å². The van der Waals surface area contributed by atoms with Crippen molar-refractivity contribution in [3.8, 4) is 17.6 Å². The second kappa shape index (κ2) is 17.8. The van der Waals surface area contributed by atoms with Crippen molar-refractivity contribution in [1.29, 1.82) is 0 Å². The molecule has 3 amide bonds. The number of pyridine rings is 1. The topological polar surface area (TPSA) is 208 Å². The van der Waals surface area contributed by atoms with E-state index in [0.29, 0.717) is 29.3 Å². The van der Waals surface area contributed by atoms with Crippen molar-refractivity contribution in [2.24, 2.45) is 0 Å². The molecule has 1 fully saturated rings. The number of anilines is 4. The monoisotopic (exact) mass is 819 g/mol.